The Morgan fingerprint density at radius 3 is 2.11 bits per heavy atom. The smallest absolute Gasteiger partial charge is 0.340 e. The molecule has 0 aliphatic rings. The lowest BCUT2D eigenvalue weighted by atomic mass is 10.2. The molecule has 136 valence electrons. The van der Waals surface area contributed by atoms with Crippen molar-refractivity contribution >= 4 is 34.7 Å². The molecule has 0 spiro atoms. The topological polar surface area (TPSA) is 73.6 Å². The monoisotopic (exact) mass is 389 g/mol. The minimum Gasteiger partial charge on any atom is -0.340 e. The Morgan fingerprint density at radius 2 is 1.52 bits per heavy atom. The minimum atomic E-state index is -4.62. The number of anilines is 4. The number of nitrogens with one attached hydrogen (secondary N) is 2. The molecule has 9 heteroatoms. The predicted molar refractivity (Wildman–Crippen MR) is 96.2 cm³/mol. The zero-order valence-electron chi connectivity index (χ0n) is 13.5. The molecule has 0 bridgehead atoms. The van der Waals surface area contributed by atoms with Crippen LogP contribution in [0.15, 0.2) is 54.7 Å². The number of hydrogen-bond donors (Lipinski definition) is 2. The van der Waals surface area contributed by atoms with E-state index in [2.05, 4.69) is 20.6 Å². The van der Waals surface area contributed by atoms with Gasteiger partial charge in [0.2, 0.25) is 5.95 Å². The highest BCUT2D eigenvalue weighted by molar-refractivity contribution is 6.30. The molecular weight excluding hydrogens is 379 g/mol. The molecule has 1 aromatic heterocycles. The van der Waals surface area contributed by atoms with E-state index in [1.54, 1.807) is 36.4 Å². The molecule has 0 atom stereocenters. The summed E-state index contributed by atoms with van der Waals surface area (Å²) < 4.78 is 39.8. The summed E-state index contributed by atoms with van der Waals surface area (Å²) in [6.07, 6.45) is -3.92. The molecule has 5 nitrogen and oxygen atoms in total. The van der Waals surface area contributed by atoms with Gasteiger partial charge in [-0.25, -0.2) is 4.98 Å². The van der Waals surface area contributed by atoms with Crippen LogP contribution in [-0.2, 0) is 6.18 Å². The van der Waals surface area contributed by atoms with Gasteiger partial charge in [-0.15, -0.1) is 0 Å². The van der Waals surface area contributed by atoms with Crippen molar-refractivity contribution in [3.63, 3.8) is 0 Å². The van der Waals surface area contributed by atoms with Crippen LogP contribution in [0.25, 0.3) is 0 Å². The quantitative estimate of drug-likeness (QED) is 0.615. The summed E-state index contributed by atoms with van der Waals surface area (Å²) >= 11 is 5.79. The standard InChI is InChI=1S/C18H11ClF3N5/c19-12-3-7-13(8-4-12)25-16-15(18(20,21)22)10-24-17(27-16)26-14-5-1-11(9-23)2-6-14/h1-8,10H,(H2,24,25,26,27). The van der Waals surface area contributed by atoms with Crippen LogP contribution in [0.4, 0.5) is 36.3 Å². The van der Waals surface area contributed by atoms with Crippen LogP contribution in [-0.4, -0.2) is 9.97 Å². The van der Waals surface area contributed by atoms with Gasteiger partial charge in [-0.05, 0) is 48.5 Å². The molecule has 0 fully saturated rings. The molecule has 0 amide bonds. The number of hydrogen-bond acceptors (Lipinski definition) is 5. The van der Waals surface area contributed by atoms with Gasteiger partial charge in [0.1, 0.15) is 11.4 Å². The van der Waals surface area contributed by atoms with E-state index in [1.165, 1.54) is 12.1 Å². The lowest BCUT2D eigenvalue weighted by molar-refractivity contribution is -0.137. The van der Waals surface area contributed by atoms with Crippen molar-refractivity contribution in [2.75, 3.05) is 10.6 Å². The highest BCUT2D eigenvalue weighted by Gasteiger charge is 2.35. The molecule has 1 heterocycles. The van der Waals surface area contributed by atoms with Gasteiger partial charge in [0, 0.05) is 22.6 Å². The third kappa shape index (κ3) is 4.65. The maximum Gasteiger partial charge on any atom is 0.421 e. The van der Waals surface area contributed by atoms with Crippen molar-refractivity contribution in [1.29, 1.82) is 5.26 Å². The molecule has 0 aliphatic heterocycles. The average molecular weight is 390 g/mol. The van der Waals surface area contributed by atoms with Gasteiger partial charge in [-0.3, -0.25) is 0 Å². The Balaban J connectivity index is 1.92. The summed E-state index contributed by atoms with van der Waals surface area (Å²) in [7, 11) is 0. The third-order valence-corrected chi connectivity index (χ3v) is 3.72. The molecular formula is C18H11ClF3N5. The van der Waals surface area contributed by atoms with Crippen molar-refractivity contribution in [2.24, 2.45) is 0 Å². The second kappa shape index (κ2) is 7.51. The fraction of sp³-hybridized carbons (Fsp3) is 0.0556. The molecule has 2 N–H and O–H groups in total. The van der Waals surface area contributed by atoms with Crippen LogP contribution in [0.5, 0.6) is 0 Å². The molecule has 3 rings (SSSR count). The van der Waals surface area contributed by atoms with Crippen molar-refractivity contribution in [2.45, 2.75) is 6.18 Å². The Hall–Kier alpha value is -3.31. The van der Waals surface area contributed by atoms with E-state index in [0.29, 0.717) is 28.2 Å². The van der Waals surface area contributed by atoms with E-state index >= 15 is 0 Å². The largest absolute Gasteiger partial charge is 0.421 e. The highest BCUT2D eigenvalue weighted by Crippen LogP contribution is 2.35. The fourth-order valence-corrected chi connectivity index (χ4v) is 2.30. The summed E-state index contributed by atoms with van der Waals surface area (Å²) in [5.74, 6) is -0.417. The first-order chi connectivity index (χ1) is 12.8. The lowest BCUT2D eigenvalue weighted by Crippen LogP contribution is -2.12. The van der Waals surface area contributed by atoms with Gasteiger partial charge in [-0.2, -0.15) is 23.4 Å². The van der Waals surface area contributed by atoms with Crippen molar-refractivity contribution < 1.29 is 13.2 Å². The molecule has 2 aromatic carbocycles. The van der Waals surface area contributed by atoms with Gasteiger partial charge in [0.25, 0.3) is 0 Å². The van der Waals surface area contributed by atoms with Crippen LogP contribution >= 0.6 is 11.6 Å². The first-order valence-corrected chi connectivity index (χ1v) is 7.97. The Morgan fingerprint density at radius 1 is 0.926 bits per heavy atom. The number of rotatable bonds is 4. The first-order valence-electron chi connectivity index (χ1n) is 7.59. The lowest BCUT2D eigenvalue weighted by Gasteiger charge is -2.15. The SMILES string of the molecule is N#Cc1ccc(Nc2ncc(C(F)(F)F)c(Nc3ccc(Cl)cc3)n2)cc1. The number of benzene rings is 2. The van der Waals surface area contributed by atoms with Crippen LogP contribution in [0, 0.1) is 11.3 Å². The van der Waals surface area contributed by atoms with Crippen LogP contribution < -0.4 is 10.6 Å². The summed E-state index contributed by atoms with van der Waals surface area (Å²) in [6.45, 7) is 0. The van der Waals surface area contributed by atoms with Crippen molar-refractivity contribution in [3.05, 3.63) is 70.9 Å². The van der Waals surface area contributed by atoms with Gasteiger partial charge in [-0.1, -0.05) is 11.6 Å². The minimum absolute atomic E-state index is 0.0239. The molecule has 3 aromatic rings. The fourth-order valence-electron chi connectivity index (χ4n) is 2.17. The van der Waals surface area contributed by atoms with Gasteiger partial charge in [0.05, 0.1) is 11.6 Å². The maximum absolute atomic E-state index is 13.3. The predicted octanol–water partition coefficient (Wildman–Crippen LogP) is 5.51. The van der Waals surface area contributed by atoms with Gasteiger partial charge in [0.15, 0.2) is 0 Å². The van der Waals surface area contributed by atoms with E-state index in [-0.39, 0.29) is 5.95 Å². The number of aromatic nitrogens is 2. The molecule has 0 saturated heterocycles. The molecule has 0 radical (unpaired) electrons. The number of halogens is 4. The van der Waals surface area contributed by atoms with Crippen LogP contribution in [0.3, 0.4) is 0 Å². The normalized spacial score (nSPS) is 10.9. The molecule has 0 saturated carbocycles. The zero-order valence-corrected chi connectivity index (χ0v) is 14.3. The Labute approximate surface area is 157 Å². The third-order valence-electron chi connectivity index (χ3n) is 3.47. The Bertz CT molecular complexity index is 980. The summed E-state index contributed by atoms with van der Waals surface area (Å²) in [4.78, 5) is 7.67. The maximum atomic E-state index is 13.3. The van der Waals surface area contributed by atoms with Gasteiger partial charge < -0.3 is 10.6 Å². The van der Waals surface area contributed by atoms with Crippen LogP contribution in [0.2, 0.25) is 5.02 Å². The first kappa shape index (κ1) is 18.5. The molecule has 27 heavy (non-hydrogen) atoms. The summed E-state index contributed by atoms with van der Waals surface area (Å²) in [6, 6.07) is 14.5. The van der Waals surface area contributed by atoms with E-state index in [0.717, 1.165) is 0 Å². The van der Waals surface area contributed by atoms with Gasteiger partial charge >= 0.3 is 6.18 Å². The second-order valence-electron chi connectivity index (χ2n) is 5.40. The number of alkyl halides is 3. The molecule has 0 unspecified atom stereocenters. The highest BCUT2D eigenvalue weighted by atomic mass is 35.5. The van der Waals surface area contributed by atoms with Crippen molar-refractivity contribution in [1.82, 2.24) is 9.97 Å². The zero-order chi connectivity index (χ0) is 19.4. The van der Waals surface area contributed by atoms with E-state index in [1.807, 2.05) is 6.07 Å². The second-order valence-corrected chi connectivity index (χ2v) is 5.84. The number of nitrogens with zero attached hydrogens (tertiary/aromatic N) is 3. The average Bonchev–Trinajstić information content (AvgIpc) is 2.63. The van der Waals surface area contributed by atoms with Crippen molar-refractivity contribution in [3.8, 4) is 6.07 Å². The van der Waals surface area contributed by atoms with E-state index in [9.17, 15) is 13.2 Å². The number of nitriles is 1. The van der Waals surface area contributed by atoms with Crippen LogP contribution in [0.1, 0.15) is 11.1 Å². The van der Waals surface area contributed by atoms with E-state index in [4.69, 9.17) is 16.9 Å². The summed E-state index contributed by atoms with van der Waals surface area (Å²) in [5, 5.41) is 14.7. The molecule has 0 aliphatic carbocycles. The Kier molecular flexibility index (Phi) is 5.14. The summed E-state index contributed by atoms with van der Waals surface area (Å²) in [5.41, 5.74) is 0.390. The van der Waals surface area contributed by atoms with E-state index < -0.39 is 17.6 Å².